The summed E-state index contributed by atoms with van der Waals surface area (Å²) in [6, 6.07) is 15.5. The molecule has 0 fully saturated rings. The summed E-state index contributed by atoms with van der Waals surface area (Å²) in [5, 5.41) is 5.07. The van der Waals surface area contributed by atoms with Gasteiger partial charge in [-0.05, 0) is 45.0 Å². The first-order valence-corrected chi connectivity index (χ1v) is 8.65. The van der Waals surface area contributed by atoms with E-state index in [0.29, 0.717) is 17.5 Å². The molecular formula is C20H23N3O3. The number of guanidine groups is 1. The quantitative estimate of drug-likeness (QED) is 0.788. The Bertz CT molecular complexity index is 810. The molecule has 1 N–H and O–H groups in total. The van der Waals surface area contributed by atoms with Gasteiger partial charge in [0.2, 0.25) is 18.5 Å². The summed E-state index contributed by atoms with van der Waals surface area (Å²) in [4.78, 5) is 11.3. The summed E-state index contributed by atoms with van der Waals surface area (Å²) in [6.07, 6.45) is 0. The van der Waals surface area contributed by atoms with Gasteiger partial charge in [0.15, 0.2) is 0 Å². The summed E-state index contributed by atoms with van der Waals surface area (Å²) >= 11 is 0. The van der Waals surface area contributed by atoms with Gasteiger partial charge in [-0.15, -0.1) is 0 Å². The molecule has 0 amide bonds. The van der Waals surface area contributed by atoms with E-state index in [0.717, 1.165) is 11.1 Å². The van der Waals surface area contributed by atoms with E-state index < -0.39 is 5.72 Å². The predicted molar refractivity (Wildman–Crippen MR) is 99.0 cm³/mol. The van der Waals surface area contributed by atoms with Crippen molar-refractivity contribution >= 4 is 5.96 Å². The first-order chi connectivity index (χ1) is 12.4. The molecule has 136 valence electrons. The van der Waals surface area contributed by atoms with Crippen molar-refractivity contribution in [1.29, 1.82) is 0 Å². The maximum atomic E-state index is 6.34. The number of aliphatic imine (C=N–C) groups is 1. The lowest BCUT2D eigenvalue weighted by atomic mass is 9.93. The maximum absolute atomic E-state index is 6.34. The zero-order chi connectivity index (χ0) is 18.4. The van der Waals surface area contributed by atoms with Crippen LogP contribution < -0.4 is 14.8 Å². The molecule has 0 saturated carbocycles. The minimum atomic E-state index is -1.07. The first-order valence-electron chi connectivity index (χ1n) is 8.65. The highest BCUT2D eigenvalue weighted by molar-refractivity contribution is 5.82. The smallest absolute Gasteiger partial charge is 0.247 e. The van der Waals surface area contributed by atoms with Crippen molar-refractivity contribution in [2.45, 2.75) is 32.0 Å². The molecule has 2 aromatic carbocycles. The van der Waals surface area contributed by atoms with Crippen LogP contribution in [-0.4, -0.2) is 30.4 Å². The number of hydrogen-bond donors (Lipinski definition) is 1. The molecule has 0 radical (unpaired) electrons. The van der Waals surface area contributed by atoms with Crippen molar-refractivity contribution in [2.75, 3.05) is 13.8 Å². The fraction of sp³-hybridized carbons (Fsp3) is 0.350. The number of nitrogens with zero attached hydrogens (tertiary/aromatic N) is 2. The number of hydrogen-bond acceptors (Lipinski definition) is 6. The highest BCUT2D eigenvalue weighted by Crippen LogP contribution is 2.47. The topological polar surface area (TPSA) is 55.3 Å². The molecule has 26 heavy (non-hydrogen) atoms. The number of nitrogens with one attached hydrogen (secondary N) is 1. The van der Waals surface area contributed by atoms with E-state index in [1.807, 2.05) is 55.6 Å². The predicted octanol–water partition coefficient (Wildman–Crippen LogP) is 3.24. The molecule has 0 atom stereocenters. The molecule has 0 unspecified atom stereocenters. The summed E-state index contributed by atoms with van der Waals surface area (Å²) in [5.74, 6) is 2.04. The molecule has 2 heterocycles. The minimum absolute atomic E-state index is 0.136. The molecule has 1 spiro atoms. The largest absolute Gasteiger partial charge is 0.457 e. The van der Waals surface area contributed by atoms with Gasteiger partial charge >= 0.3 is 0 Å². The Morgan fingerprint density at radius 3 is 2.04 bits per heavy atom. The van der Waals surface area contributed by atoms with Crippen LogP contribution in [0.4, 0.5) is 0 Å². The molecular weight excluding hydrogens is 330 g/mol. The number of fused-ring (bicyclic) bond motifs is 4. The Hall–Kier alpha value is -2.73. The van der Waals surface area contributed by atoms with Gasteiger partial charge in [-0.2, -0.15) is 0 Å². The number of rotatable bonds is 0. The van der Waals surface area contributed by atoms with Crippen LogP contribution >= 0.6 is 0 Å². The van der Waals surface area contributed by atoms with Crippen molar-refractivity contribution < 1.29 is 14.3 Å². The van der Waals surface area contributed by atoms with Crippen LogP contribution in [0.5, 0.6) is 11.5 Å². The molecule has 2 aromatic rings. The molecule has 2 aliphatic rings. The third kappa shape index (κ3) is 2.76. The van der Waals surface area contributed by atoms with E-state index in [-0.39, 0.29) is 12.3 Å². The van der Waals surface area contributed by atoms with Crippen molar-refractivity contribution in [3.63, 3.8) is 0 Å². The van der Waals surface area contributed by atoms with Gasteiger partial charge in [0.1, 0.15) is 11.5 Å². The maximum Gasteiger partial charge on any atom is 0.247 e. The van der Waals surface area contributed by atoms with Gasteiger partial charge in [-0.1, -0.05) is 24.3 Å². The van der Waals surface area contributed by atoms with Crippen molar-refractivity contribution in [3.8, 4) is 11.5 Å². The van der Waals surface area contributed by atoms with Crippen molar-refractivity contribution in [1.82, 2.24) is 10.4 Å². The van der Waals surface area contributed by atoms with E-state index >= 15 is 0 Å². The van der Waals surface area contributed by atoms with E-state index in [1.54, 1.807) is 5.06 Å². The monoisotopic (exact) mass is 353 g/mol. The second-order valence-electron chi connectivity index (χ2n) is 7.44. The van der Waals surface area contributed by atoms with Crippen LogP contribution in [0.25, 0.3) is 0 Å². The van der Waals surface area contributed by atoms with Crippen LogP contribution in [0, 0.1) is 0 Å². The zero-order valence-electron chi connectivity index (χ0n) is 15.4. The minimum Gasteiger partial charge on any atom is -0.457 e. The SMILES string of the molecule is CN1OC2(N=C1NC(C)(C)C)c1ccccc1OCOc1ccccc12. The third-order valence-corrected chi connectivity index (χ3v) is 4.25. The molecule has 6 nitrogen and oxygen atoms in total. The van der Waals surface area contributed by atoms with Gasteiger partial charge in [-0.25, -0.2) is 14.9 Å². The summed E-state index contributed by atoms with van der Waals surface area (Å²) in [6.45, 7) is 6.39. The fourth-order valence-corrected chi connectivity index (χ4v) is 3.19. The standard InChI is InChI=1S/C20H23N3O3/c1-19(2,3)21-18-22-20(26-23(18)4)14-9-5-7-11-16(14)24-13-25-17-12-8-6-10-15(17)20/h5-12H,13H2,1-4H3,(H,21,22). The van der Waals surface area contributed by atoms with Gasteiger partial charge in [-0.3, -0.25) is 0 Å². The molecule has 6 heteroatoms. The van der Waals surface area contributed by atoms with E-state index in [2.05, 4.69) is 26.1 Å². The van der Waals surface area contributed by atoms with Crippen molar-refractivity contribution in [3.05, 3.63) is 59.7 Å². The Labute approximate surface area is 153 Å². The van der Waals surface area contributed by atoms with Gasteiger partial charge < -0.3 is 14.8 Å². The number of para-hydroxylation sites is 2. The summed E-state index contributed by atoms with van der Waals surface area (Å²) in [7, 11) is 1.85. The first kappa shape index (κ1) is 16.7. The average molecular weight is 353 g/mol. The third-order valence-electron chi connectivity index (χ3n) is 4.25. The molecule has 4 rings (SSSR count). The number of benzene rings is 2. The second kappa shape index (κ2) is 5.92. The Morgan fingerprint density at radius 1 is 0.962 bits per heavy atom. The average Bonchev–Trinajstić information content (AvgIpc) is 2.90. The lowest BCUT2D eigenvalue weighted by Crippen LogP contribution is -2.46. The fourth-order valence-electron chi connectivity index (χ4n) is 3.19. The molecule has 0 saturated heterocycles. The summed E-state index contributed by atoms with van der Waals surface area (Å²) in [5.41, 5.74) is 0.451. The van der Waals surface area contributed by atoms with Gasteiger partial charge in [0.25, 0.3) is 0 Å². The van der Waals surface area contributed by atoms with Crippen LogP contribution in [0.2, 0.25) is 0 Å². The lowest BCUT2D eigenvalue weighted by molar-refractivity contribution is -0.156. The normalized spacial score (nSPS) is 18.0. The highest BCUT2D eigenvalue weighted by Gasteiger charge is 2.48. The lowest BCUT2D eigenvalue weighted by Gasteiger charge is -2.31. The van der Waals surface area contributed by atoms with Crippen LogP contribution in [0.15, 0.2) is 53.5 Å². The van der Waals surface area contributed by atoms with E-state index in [1.165, 1.54) is 0 Å². The molecule has 0 aliphatic carbocycles. The number of ether oxygens (including phenoxy) is 2. The summed E-state index contributed by atoms with van der Waals surface area (Å²) < 4.78 is 11.7. The number of hydroxylamine groups is 2. The molecule has 0 aromatic heterocycles. The van der Waals surface area contributed by atoms with Crippen molar-refractivity contribution in [2.24, 2.45) is 4.99 Å². The second-order valence-corrected chi connectivity index (χ2v) is 7.44. The van der Waals surface area contributed by atoms with Crippen LogP contribution in [0.3, 0.4) is 0 Å². The highest BCUT2D eigenvalue weighted by atomic mass is 16.7. The van der Waals surface area contributed by atoms with Crippen LogP contribution in [0.1, 0.15) is 31.9 Å². The van der Waals surface area contributed by atoms with Gasteiger partial charge in [0, 0.05) is 12.6 Å². The van der Waals surface area contributed by atoms with E-state index in [9.17, 15) is 0 Å². The Morgan fingerprint density at radius 2 is 1.50 bits per heavy atom. The van der Waals surface area contributed by atoms with E-state index in [4.69, 9.17) is 19.3 Å². The molecule has 2 aliphatic heterocycles. The Balaban J connectivity index is 1.95. The molecule has 0 bridgehead atoms. The van der Waals surface area contributed by atoms with Crippen LogP contribution in [-0.2, 0) is 10.6 Å². The zero-order valence-corrected chi connectivity index (χ0v) is 15.4. The van der Waals surface area contributed by atoms with Gasteiger partial charge in [0.05, 0.1) is 11.1 Å². The Kier molecular flexibility index (Phi) is 3.80.